The molecule has 26 heavy (non-hydrogen) atoms. The summed E-state index contributed by atoms with van der Waals surface area (Å²) in [6.45, 7) is 2.28. The lowest BCUT2D eigenvalue weighted by Gasteiger charge is -2.37. The summed E-state index contributed by atoms with van der Waals surface area (Å²) in [5.74, 6) is 0.998. The highest BCUT2D eigenvalue weighted by Gasteiger charge is 2.44. The van der Waals surface area contributed by atoms with Gasteiger partial charge in [-0.15, -0.1) is 11.3 Å². The number of nitrogens with one attached hydrogen (secondary N) is 1. The van der Waals surface area contributed by atoms with E-state index >= 15 is 0 Å². The molecule has 2 heterocycles. The number of nitrogens with zero attached hydrogens (tertiary/aromatic N) is 1. The Morgan fingerprint density at radius 1 is 1.23 bits per heavy atom. The number of benzene rings is 1. The van der Waals surface area contributed by atoms with Gasteiger partial charge in [0.15, 0.2) is 0 Å². The fourth-order valence-corrected chi connectivity index (χ4v) is 5.89. The Kier molecular flexibility index (Phi) is 4.02. The molecule has 1 saturated carbocycles. The van der Waals surface area contributed by atoms with Gasteiger partial charge in [-0.3, -0.25) is 4.79 Å². The predicted molar refractivity (Wildman–Crippen MR) is 107 cm³/mol. The van der Waals surface area contributed by atoms with Crippen molar-refractivity contribution < 1.29 is 4.79 Å². The summed E-state index contributed by atoms with van der Waals surface area (Å²) in [7, 11) is 0. The lowest BCUT2D eigenvalue weighted by Crippen LogP contribution is -2.44. The Morgan fingerprint density at radius 3 is 2.69 bits per heavy atom. The zero-order valence-corrected chi connectivity index (χ0v) is 16.5. The normalized spacial score (nSPS) is 24.8. The summed E-state index contributed by atoms with van der Waals surface area (Å²) >= 11 is 7.88. The van der Waals surface area contributed by atoms with Crippen LogP contribution >= 0.6 is 22.9 Å². The second-order valence-corrected chi connectivity index (χ2v) is 9.31. The van der Waals surface area contributed by atoms with Crippen LogP contribution in [0.2, 0.25) is 5.02 Å². The molecule has 136 valence electrons. The summed E-state index contributed by atoms with van der Waals surface area (Å²) in [5, 5.41) is 5.51. The molecule has 3 nitrogen and oxygen atoms in total. The van der Waals surface area contributed by atoms with Crippen molar-refractivity contribution in [3.05, 3.63) is 50.9 Å². The number of hydrogen-bond donors (Lipinski definition) is 1. The number of anilines is 1. The van der Waals surface area contributed by atoms with Gasteiger partial charge in [0, 0.05) is 15.9 Å². The molecule has 5 heteroatoms. The van der Waals surface area contributed by atoms with E-state index < -0.39 is 0 Å². The molecule has 0 unspecified atom stereocenters. The number of rotatable bonds is 3. The van der Waals surface area contributed by atoms with Crippen molar-refractivity contribution in [2.45, 2.75) is 57.7 Å². The highest BCUT2D eigenvalue weighted by Crippen LogP contribution is 2.48. The predicted octanol–water partition coefficient (Wildman–Crippen LogP) is 5.65. The SMILES string of the molecule is CC[C@@H]1CCc2c(sc3c2C(=O)N(C2CC2)[C@H](c2ccc(Cl)cc2)N3)C1. The smallest absolute Gasteiger partial charge is 0.259 e. The first kappa shape index (κ1) is 16.6. The monoisotopic (exact) mass is 386 g/mol. The highest BCUT2D eigenvalue weighted by molar-refractivity contribution is 7.16. The van der Waals surface area contributed by atoms with E-state index in [9.17, 15) is 4.79 Å². The second-order valence-electron chi connectivity index (χ2n) is 7.77. The minimum Gasteiger partial charge on any atom is -0.352 e. The largest absolute Gasteiger partial charge is 0.352 e. The van der Waals surface area contributed by atoms with E-state index in [1.54, 1.807) is 0 Å². The third-order valence-corrected chi connectivity index (χ3v) is 7.50. The number of hydrogen-bond acceptors (Lipinski definition) is 3. The van der Waals surface area contributed by atoms with Crippen LogP contribution in [-0.2, 0) is 12.8 Å². The van der Waals surface area contributed by atoms with Gasteiger partial charge >= 0.3 is 0 Å². The van der Waals surface area contributed by atoms with Gasteiger partial charge in [0.25, 0.3) is 5.91 Å². The van der Waals surface area contributed by atoms with Crippen molar-refractivity contribution in [3.63, 3.8) is 0 Å². The number of carbonyl (C=O) groups excluding carboxylic acids is 1. The topological polar surface area (TPSA) is 32.3 Å². The maximum absolute atomic E-state index is 13.5. The van der Waals surface area contributed by atoms with Crippen LogP contribution in [0.3, 0.4) is 0 Å². The molecule has 1 fully saturated rings. The average Bonchev–Trinajstić information content (AvgIpc) is 3.41. The van der Waals surface area contributed by atoms with E-state index in [-0.39, 0.29) is 12.1 Å². The lowest BCUT2D eigenvalue weighted by molar-refractivity contribution is 0.0666. The Morgan fingerprint density at radius 2 is 2.00 bits per heavy atom. The van der Waals surface area contributed by atoms with Gasteiger partial charge < -0.3 is 10.2 Å². The zero-order chi connectivity index (χ0) is 17.8. The number of halogens is 1. The fourth-order valence-electron chi connectivity index (χ4n) is 4.39. The van der Waals surface area contributed by atoms with Crippen molar-refractivity contribution in [2.75, 3.05) is 5.32 Å². The molecule has 1 aliphatic heterocycles. The molecule has 0 radical (unpaired) electrons. The van der Waals surface area contributed by atoms with Crippen LogP contribution in [0.5, 0.6) is 0 Å². The molecule has 1 N–H and O–H groups in total. The molecule has 1 aromatic carbocycles. The summed E-state index contributed by atoms with van der Waals surface area (Å²) in [6.07, 6.45) is 6.76. The molecular weight excluding hydrogens is 364 g/mol. The zero-order valence-electron chi connectivity index (χ0n) is 14.9. The molecule has 5 rings (SSSR count). The second kappa shape index (κ2) is 6.28. The molecule has 1 aromatic heterocycles. The molecule has 1 amide bonds. The van der Waals surface area contributed by atoms with Crippen molar-refractivity contribution in [2.24, 2.45) is 5.92 Å². The third kappa shape index (κ3) is 2.66. The van der Waals surface area contributed by atoms with Crippen molar-refractivity contribution in [1.82, 2.24) is 4.90 Å². The highest BCUT2D eigenvalue weighted by atomic mass is 35.5. The quantitative estimate of drug-likeness (QED) is 0.739. The van der Waals surface area contributed by atoms with Crippen molar-refractivity contribution in [3.8, 4) is 0 Å². The van der Waals surface area contributed by atoms with E-state index in [1.165, 1.54) is 23.3 Å². The van der Waals surface area contributed by atoms with Gasteiger partial charge in [0.2, 0.25) is 0 Å². The lowest BCUT2D eigenvalue weighted by atomic mass is 9.85. The molecule has 0 spiro atoms. The average molecular weight is 387 g/mol. The third-order valence-electron chi connectivity index (χ3n) is 6.07. The molecule has 2 aliphatic carbocycles. The van der Waals surface area contributed by atoms with Crippen LogP contribution in [-0.4, -0.2) is 16.8 Å². The number of thiophene rings is 1. The van der Waals surface area contributed by atoms with Crippen molar-refractivity contribution in [1.29, 1.82) is 0 Å². The van der Waals surface area contributed by atoms with Gasteiger partial charge in [-0.1, -0.05) is 37.1 Å². The number of carbonyl (C=O) groups is 1. The molecule has 3 aliphatic rings. The van der Waals surface area contributed by atoms with Crippen LogP contribution in [0.4, 0.5) is 5.00 Å². The molecule has 2 aromatic rings. The summed E-state index contributed by atoms with van der Waals surface area (Å²) in [5.41, 5.74) is 3.40. The van der Waals surface area contributed by atoms with E-state index in [4.69, 9.17) is 11.6 Å². The van der Waals surface area contributed by atoms with Crippen LogP contribution in [0.15, 0.2) is 24.3 Å². The first-order valence-electron chi connectivity index (χ1n) is 9.65. The number of amides is 1. The first-order chi connectivity index (χ1) is 12.7. The van der Waals surface area contributed by atoms with Crippen LogP contribution in [0, 0.1) is 5.92 Å². The van der Waals surface area contributed by atoms with Crippen LogP contribution in [0.1, 0.15) is 65.1 Å². The van der Waals surface area contributed by atoms with E-state index in [2.05, 4.69) is 17.1 Å². The van der Waals surface area contributed by atoms with Crippen LogP contribution in [0.25, 0.3) is 0 Å². The summed E-state index contributed by atoms with van der Waals surface area (Å²) in [4.78, 5) is 17.0. The van der Waals surface area contributed by atoms with Crippen molar-refractivity contribution >= 4 is 33.8 Å². The van der Waals surface area contributed by atoms with Gasteiger partial charge in [0.05, 0.1) is 5.56 Å². The molecule has 2 atom stereocenters. The van der Waals surface area contributed by atoms with E-state index in [0.717, 1.165) is 52.8 Å². The maximum atomic E-state index is 13.5. The Bertz CT molecular complexity index is 856. The summed E-state index contributed by atoms with van der Waals surface area (Å²) < 4.78 is 0. The minimum absolute atomic E-state index is 0.0816. The van der Waals surface area contributed by atoms with Crippen LogP contribution < -0.4 is 5.32 Å². The first-order valence-corrected chi connectivity index (χ1v) is 10.8. The minimum atomic E-state index is -0.0816. The molecule has 0 bridgehead atoms. The fraction of sp³-hybridized carbons (Fsp3) is 0.476. The van der Waals surface area contributed by atoms with Gasteiger partial charge in [0.1, 0.15) is 11.2 Å². The van der Waals surface area contributed by atoms with E-state index in [0.29, 0.717) is 6.04 Å². The van der Waals surface area contributed by atoms with Gasteiger partial charge in [-0.05, 0) is 61.3 Å². The Hall–Kier alpha value is -1.52. The molecule has 0 saturated heterocycles. The maximum Gasteiger partial charge on any atom is 0.259 e. The number of fused-ring (bicyclic) bond motifs is 3. The van der Waals surface area contributed by atoms with E-state index in [1.807, 2.05) is 35.6 Å². The van der Waals surface area contributed by atoms with Gasteiger partial charge in [-0.2, -0.15) is 0 Å². The molecular formula is C21H23ClN2OS. The Labute approximate surface area is 163 Å². The summed E-state index contributed by atoms with van der Waals surface area (Å²) in [6, 6.07) is 8.26. The Balaban J connectivity index is 1.56. The standard InChI is InChI=1S/C21H23ClN2OS/c1-2-12-3-10-16-17(11-12)26-20-18(16)21(25)24(15-8-9-15)19(23-20)13-4-6-14(22)7-5-13/h4-7,12,15,19,23H,2-3,8-11H2,1H3/t12-,19-/m1/s1. The van der Waals surface area contributed by atoms with Gasteiger partial charge in [-0.25, -0.2) is 0 Å².